The van der Waals surface area contributed by atoms with E-state index in [0.29, 0.717) is 28.0 Å². The third kappa shape index (κ3) is 4.61. The summed E-state index contributed by atoms with van der Waals surface area (Å²) >= 11 is 3.25. The number of aromatic hydroxyl groups is 1. The summed E-state index contributed by atoms with van der Waals surface area (Å²) in [4.78, 5) is 12.3. The van der Waals surface area contributed by atoms with E-state index in [0.717, 1.165) is 12.2 Å². The van der Waals surface area contributed by atoms with Gasteiger partial charge in [-0.05, 0) is 64.8 Å². The van der Waals surface area contributed by atoms with Crippen molar-refractivity contribution in [3.8, 4) is 17.2 Å². The molecule has 0 heterocycles. The molecule has 5 heteroatoms. The van der Waals surface area contributed by atoms with Crippen LogP contribution < -0.4 is 9.47 Å². The Morgan fingerprint density at radius 3 is 2.58 bits per heavy atom. The Bertz CT molecular complexity index is 736. The van der Waals surface area contributed by atoms with Crippen molar-refractivity contribution < 1.29 is 19.4 Å². The molecule has 0 aromatic heterocycles. The number of ether oxygens (including phenoxy) is 2. The second kappa shape index (κ2) is 8.55. The van der Waals surface area contributed by atoms with Crippen LogP contribution in [0.25, 0.3) is 6.08 Å². The molecule has 0 amide bonds. The fourth-order valence-electron chi connectivity index (χ4n) is 2.06. The Morgan fingerprint density at radius 2 is 1.96 bits per heavy atom. The lowest BCUT2D eigenvalue weighted by molar-refractivity contribution is 0.104. The second-order valence-electron chi connectivity index (χ2n) is 5.12. The maximum atomic E-state index is 12.3. The first-order valence-corrected chi connectivity index (χ1v) is 8.36. The van der Waals surface area contributed by atoms with Gasteiger partial charge in [0.2, 0.25) is 0 Å². The van der Waals surface area contributed by atoms with E-state index in [2.05, 4.69) is 15.9 Å². The molecular weight excluding hydrogens is 372 g/mol. The molecule has 24 heavy (non-hydrogen) atoms. The van der Waals surface area contributed by atoms with E-state index in [1.807, 2.05) is 6.92 Å². The summed E-state index contributed by atoms with van der Waals surface area (Å²) < 4.78 is 11.2. The first-order valence-electron chi connectivity index (χ1n) is 7.57. The fraction of sp³-hybridized carbons (Fsp3) is 0.211. The zero-order valence-corrected chi connectivity index (χ0v) is 15.2. The van der Waals surface area contributed by atoms with E-state index in [4.69, 9.17) is 9.47 Å². The topological polar surface area (TPSA) is 55.8 Å². The zero-order valence-electron chi connectivity index (χ0n) is 13.6. The minimum atomic E-state index is -0.122. The van der Waals surface area contributed by atoms with Crippen LogP contribution in [0.1, 0.15) is 29.3 Å². The van der Waals surface area contributed by atoms with Gasteiger partial charge in [-0.15, -0.1) is 0 Å². The molecule has 0 fully saturated rings. The van der Waals surface area contributed by atoms with Gasteiger partial charge in [-0.25, -0.2) is 0 Å². The average molecular weight is 391 g/mol. The fourth-order valence-corrected chi connectivity index (χ4v) is 2.42. The number of allylic oxidation sites excluding steroid dienone is 1. The van der Waals surface area contributed by atoms with Crippen LogP contribution in [0, 0.1) is 0 Å². The number of methoxy groups -OCH3 is 1. The lowest BCUT2D eigenvalue weighted by atomic mass is 10.1. The number of carbonyl (C=O) groups excluding carboxylic acids is 1. The standard InChI is InChI=1S/C19H19BrO4/c1-3-10-24-15-7-4-13(5-8-15)17(21)9-6-14-11-16(20)18(22)12-19(14)23-2/h4-9,11-12,22H,3,10H2,1-2H3/b9-6+. The molecule has 0 atom stereocenters. The number of halogens is 1. The molecule has 4 nitrogen and oxygen atoms in total. The number of hydrogen-bond acceptors (Lipinski definition) is 4. The third-order valence-electron chi connectivity index (χ3n) is 3.33. The van der Waals surface area contributed by atoms with Gasteiger partial charge >= 0.3 is 0 Å². The molecule has 126 valence electrons. The number of phenolic OH excluding ortho intramolecular Hbond substituents is 1. The van der Waals surface area contributed by atoms with Crippen LogP contribution in [0.15, 0.2) is 46.9 Å². The van der Waals surface area contributed by atoms with Crippen molar-refractivity contribution in [1.82, 2.24) is 0 Å². The molecular formula is C19H19BrO4. The van der Waals surface area contributed by atoms with Crippen molar-refractivity contribution in [1.29, 1.82) is 0 Å². The van der Waals surface area contributed by atoms with Crippen LogP contribution in [0.3, 0.4) is 0 Å². The molecule has 0 bridgehead atoms. The van der Waals surface area contributed by atoms with E-state index in [9.17, 15) is 9.90 Å². The maximum absolute atomic E-state index is 12.3. The molecule has 0 radical (unpaired) electrons. The van der Waals surface area contributed by atoms with Crippen LogP contribution in [0.2, 0.25) is 0 Å². The van der Waals surface area contributed by atoms with Crippen LogP contribution in [0.4, 0.5) is 0 Å². The number of rotatable bonds is 7. The minimum Gasteiger partial charge on any atom is -0.507 e. The highest BCUT2D eigenvalue weighted by Crippen LogP contribution is 2.32. The molecule has 2 rings (SSSR count). The first-order chi connectivity index (χ1) is 11.5. The van der Waals surface area contributed by atoms with Crippen LogP contribution in [0.5, 0.6) is 17.2 Å². The van der Waals surface area contributed by atoms with Gasteiger partial charge in [0.15, 0.2) is 5.78 Å². The van der Waals surface area contributed by atoms with E-state index < -0.39 is 0 Å². The minimum absolute atomic E-state index is 0.0815. The highest BCUT2D eigenvalue weighted by atomic mass is 79.9. The smallest absolute Gasteiger partial charge is 0.185 e. The highest BCUT2D eigenvalue weighted by Gasteiger charge is 2.07. The van der Waals surface area contributed by atoms with Crippen LogP contribution >= 0.6 is 15.9 Å². The predicted octanol–water partition coefficient (Wildman–Crippen LogP) is 4.85. The third-order valence-corrected chi connectivity index (χ3v) is 3.96. The average Bonchev–Trinajstić information content (AvgIpc) is 2.60. The Kier molecular flexibility index (Phi) is 6.44. The van der Waals surface area contributed by atoms with Gasteiger partial charge in [0.05, 0.1) is 18.2 Å². The van der Waals surface area contributed by atoms with Gasteiger partial charge in [0, 0.05) is 17.2 Å². The van der Waals surface area contributed by atoms with Gasteiger partial charge < -0.3 is 14.6 Å². The van der Waals surface area contributed by atoms with Gasteiger partial charge in [0.1, 0.15) is 17.2 Å². The Hall–Kier alpha value is -2.27. The molecule has 0 unspecified atom stereocenters. The van der Waals surface area contributed by atoms with Crippen molar-refractivity contribution in [3.05, 3.63) is 58.1 Å². The van der Waals surface area contributed by atoms with E-state index >= 15 is 0 Å². The number of hydrogen-bond donors (Lipinski definition) is 1. The highest BCUT2D eigenvalue weighted by molar-refractivity contribution is 9.10. The van der Waals surface area contributed by atoms with Gasteiger partial charge in [-0.1, -0.05) is 6.92 Å². The van der Waals surface area contributed by atoms with Gasteiger partial charge in [-0.3, -0.25) is 4.79 Å². The van der Waals surface area contributed by atoms with Crippen LogP contribution in [-0.2, 0) is 0 Å². The number of phenols is 1. The summed E-state index contributed by atoms with van der Waals surface area (Å²) in [6.45, 7) is 2.70. The molecule has 0 spiro atoms. The maximum Gasteiger partial charge on any atom is 0.185 e. The van der Waals surface area contributed by atoms with Crippen molar-refractivity contribution >= 4 is 27.8 Å². The van der Waals surface area contributed by atoms with Crippen molar-refractivity contribution in [2.75, 3.05) is 13.7 Å². The lowest BCUT2D eigenvalue weighted by Crippen LogP contribution is -1.97. The largest absolute Gasteiger partial charge is 0.507 e. The molecule has 2 aromatic carbocycles. The number of ketones is 1. The quantitative estimate of drug-likeness (QED) is 0.542. The molecule has 0 saturated heterocycles. The second-order valence-corrected chi connectivity index (χ2v) is 5.97. The Morgan fingerprint density at radius 1 is 1.25 bits per heavy atom. The molecule has 0 aliphatic heterocycles. The molecule has 0 aliphatic rings. The van der Waals surface area contributed by atoms with Crippen LogP contribution in [-0.4, -0.2) is 24.6 Å². The number of benzene rings is 2. The number of carbonyl (C=O) groups is 1. The summed E-state index contributed by atoms with van der Waals surface area (Å²) in [6, 6.07) is 10.2. The summed E-state index contributed by atoms with van der Waals surface area (Å²) in [6.07, 6.45) is 4.07. The summed E-state index contributed by atoms with van der Waals surface area (Å²) in [5, 5.41) is 9.67. The van der Waals surface area contributed by atoms with E-state index in [1.165, 1.54) is 19.3 Å². The van der Waals surface area contributed by atoms with Crippen molar-refractivity contribution in [3.63, 3.8) is 0 Å². The normalized spacial score (nSPS) is 10.8. The lowest BCUT2D eigenvalue weighted by Gasteiger charge is -2.07. The Balaban J connectivity index is 2.14. The summed E-state index contributed by atoms with van der Waals surface area (Å²) in [5.74, 6) is 1.20. The van der Waals surface area contributed by atoms with E-state index in [1.54, 1.807) is 36.4 Å². The zero-order chi connectivity index (χ0) is 17.5. The van der Waals surface area contributed by atoms with Crippen molar-refractivity contribution in [2.24, 2.45) is 0 Å². The first kappa shape index (κ1) is 18.1. The Labute approximate surface area is 149 Å². The summed E-state index contributed by atoms with van der Waals surface area (Å²) in [7, 11) is 1.51. The molecule has 2 aromatic rings. The molecule has 0 saturated carbocycles. The molecule has 0 aliphatic carbocycles. The predicted molar refractivity (Wildman–Crippen MR) is 98.0 cm³/mol. The van der Waals surface area contributed by atoms with Crippen molar-refractivity contribution in [2.45, 2.75) is 13.3 Å². The monoisotopic (exact) mass is 390 g/mol. The summed E-state index contributed by atoms with van der Waals surface area (Å²) in [5.41, 5.74) is 1.27. The van der Waals surface area contributed by atoms with Gasteiger partial charge in [-0.2, -0.15) is 0 Å². The molecule has 1 N–H and O–H groups in total. The van der Waals surface area contributed by atoms with Gasteiger partial charge in [0.25, 0.3) is 0 Å². The van der Waals surface area contributed by atoms with E-state index in [-0.39, 0.29) is 11.5 Å². The SMILES string of the molecule is CCCOc1ccc(C(=O)/C=C/c2cc(Br)c(O)cc2OC)cc1.